The molecule has 0 atom stereocenters. The van der Waals surface area contributed by atoms with Gasteiger partial charge in [-0.25, -0.2) is 9.48 Å². The summed E-state index contributed by atoms with van der Waals surface area (Å²) in [5.41, 5.74) is 8.45. The predicted octanol–water partition coefficient (Wildman–Crippen LogP) is 4.70. The van der Waals surface area contributed by atoms with Gasteiger partial charge in [-0.15, -0.1) is 12.4 Å². The molecule has 0 spiro atoms. The molecule has 1 aliphatic carbocycles. The van der Waals surface area contributed by atoms with Gasteiger partial charge in [0.25, 0.3) is 5.56 Å². The zero-order chi connectivity index (χ0) is 22.0. The molecule has 1 aliphatic rings. The number of aromatic nitrogens is 2. The van der Waals surface area contributed by atoms with Crippen molar-refractivity contribution in [3.05, 3.63) is 87.2 Å². The van der Waals surface area contributed by atoms with Crippen molar-refractivity contribution in [2.45, 2.75) is 37.1 Å². The van der Waals surface area contributed by atoms with E-state index < -0.39 is 5.97 Å². The van der Waals surface area contributed by atoms with Gasteiger partial charge in [0.05, 0.1) is 17.3 Å². The van der Waals surface area contributed by atoms with Gasteiger partial charge in [-0.05, 0) is 61.6 Å². The highest BCUT2D eigenvalue weighted by molar-refractivity contribution is 6.30. The maximum atomic E-state index is 12.6. The zero-order valence-corrected chi connectivity index (χ0v) is 19.0. The van der Waals surface area contributed by atoms with Crippen LogP contribution in [0.25, 0.3) is 11.3 Å². The highest BCUT2D eigenvalue weighted by atomic mass is 35.5. The quantitative estimate of drug-likeness (QED) is 0.559. The van der Waals surface area contributed by atoms with E-state index in [-0.39, 0.29) is 35.0 Å². The van der Waals surface area contributed by atoms with E-state index in [1.807, 2.05) is 18.2 Å². The Balaban J connectivity index is 0.00000289. The summed E-state index contributed by atoms with van der Waals surface area (Å²) in [5, 5.41) is 14.5. The lowest BCUT2D eigenvalue weighted by Crippen LogP contribution is -2.41. The normalized spacial score (nSPS) is 20.4. The molecule has 32 heavy (non-hydrogen) atoms. The fraction of sp³-hybridized carbons (Fsp3) is 0.292. The lowest BCUT2D eigenvalue weighted by Gasteiger charge is -2.40. The SMILES string of the molecule is Cl.NC[C@]1(c2cccc(Cl)c2)CC[C@@H](n2nc(-c3cccc(C(=O)O)c3)ccc2=O)CC1. The molecule has 0 unspecified atom stereocenters. The monoisotopic (exact) mass is 473 g/mol. The zero-order valence-electron chi connectivity index (χ0n) is 17.4. The van der Waals surface area contributed by atoms with Gasteiger partial charge in [-0.2, -0.15) is 5.10 Å². The molecule has 0 radical (unpaired) electrons. The van der Waals surface area contributed by atoms with Crippen molar-refractivity contribution in [2.75, 3.05) is 6.54 Å². The Morgan fingerprint density at radius 3 is 2.50 bits per heavy atom. The van der Waals surface area contributed by atoms with E-state index in [4.69, 9.17) is 17.3 Å². The number of hydrogen-bond acceptors (Lipinski definition) is 4. The summed E-state index contributed by atoms with van der Waals surface area (Å²) < 4.78 is 1.54. The van der Waals surface area contributed by atoms with E-state index in [2.05, 4.69) is 11.2 Å². The van der Waals surface area contributed by atoms with Gasteiger partial charge in [0.15, 0.2) is 0 Å². The van der Waals surface area contributed by atoms with E-state index in [0.29, 0.717) is 22.8 Å². The minimum atomic E-state index is -0.999. The summed E-state index contributed by atoms with van der Waals surface area (Å²) in [4.78, 5) is 23.9. The van der Waals surface area contributed by atoms with Gasteiger partial charge in [0, 0.05) is 28.6 Å². The molecule has 0 amide bonds. The number of hydrogen-bond donors (Lipinski definition) is 2. The first-order valence-corrected chi connectivity index (χ1v) is 10.7. The summed E-state index contributed by atoms with van der Waals surface area (Å²) in [6.07, 6.45) is 3.22. The molecule has 168 valence electrons. The largest absolute Gasteiger partial charge is 0.478 e. The molecule has 1 saturated carbocycles. The molecule has 2 aromatic carbocycles. The Kier molecular flexibility index (Phi) is 7.39. The van der Waals surface area contributed by atoms with Crippen molar-refractivity contribution >= 4 is 30.0 Å². The number of benzene rings is 2. The number of aromatic carboxylic acids is 1. The maximum Gasteiger partial charge on any atom is 0.335 e. The maximum absolute atomic E-state index is 12.6. The number of nitrogens with two attached hydrogens (primary N) is 1. The van der Waals surface area contributed by atoms with Crippen LogP contribution in [0, 0.1) is 0 Å². The van der Waals surface area contributed by atoms with Gasteiger partial charge in [0.2, 0.25) is 0 Å². The highest BCUT2D eigenvalue weighted by Gasteiger charge is 2.37. The molecule has 0 bridgehead atoms. The second-order valence-corrected chi connectivity index (χ2v) is 8.55. The van der Waals surface area contributed by atoms with Crippen LogP contribution in [-0.2, 0) is 5.41 Å². The third-order valence-electron chi connectivity index (χ3n) is 6.32. The number of carboxylic acids is 1. The van der Waals surface area contributed by atoms with Crippen LogP contribution in [0.5, 0.6) is 0 Å². The topological polar surface area (TPSA) is 98.2 Å². The minimum absolute atomic E-state index is 0. The van der Waals surface area contributed by atoms with E-state index in [1.165, 1.54) is 12.1 Å². The van der Waals surface area contributed by atoms with E-state index in [0.717, 1.165) is 31.2 Å². The Labute approximate surface area is 197 Å². The molecule has 6 nitrogen and oxygen atoms in total. The third kappa shape index (κ3) is 4.72. The third-order valence-corrected chi connectivity index (χ3v) is 6.55. The Bertz CT molecular complexity index is 1170. The molecule has 0 saturated heterocycles. The number of halogens is 2. The lowest BCUT2D eigenvalue weighted by molar-refractivity contribution is 0.0697. The number of nitrogens with zero attached hydrogens (tertiary/aromatic N) is 2. The molecule has 1 aromatic heterocycles. The first-order chi connectivity index (χ1) is 14.9. The summed E-state index contributed by atoms with van der Waals surface area (Å²) in [7, 11) is 0. The van der Waals surface area contributed by atoms with E-state index in [1.54, 1.807) is 28.9 Å². The van der Waals surface area contributed by atoms with Crippen LogP contribution >= 0.6 is 24.0 Å². The Hall–Kier alpha value is -2.67. The van der Waals surface area contributed by atoms with Gasteiger partial charge in [0.1, 0.15) is 0 Å². The van der Waals surface area contributed by atoms with Crippen molar-refractivity contribution in [2.24, 2.45) is 5.73 Å². The van der Waals surface area contributed by atoms with Crippen LogP contribution in [0.4, 0.5) is 0 Å². The molecule has 4 rings (SSSR count). The molecule has 8 heteroatoms. The number of rotatable bonds is 5. The highest BCUT2D eigenvalue weighted by Crippen LogP contribution is 2.42. The van der Waals surface area contributed by atoms with Crippen LogP contribution in [0.3, 0.4) is 0 Å². The summed E-state index contributed by atoms with van der Waals surface area (Å²) in [6.45, 7) is 0.518. The van der Waals surface area contributed by atoms with E-state index >= 15 is 0 Å². The lowest BCUT2D eigenvalue weighted by atomic mass is 9.68. The van der Waals surface area contributed by atoms with Gasteiger partial charge in [-0.1, -0.05) is 35.9 Å². The number of carboxylic acid groups (broad SMARTS) is 1. The van der Waals surface area contributed by atoms with E-state index in [9.17, 15) is 14.7 Å². The summed E-state index contributed by atoms with van der Waals surface area (Å²) >= 11 is 6.20. The Morgan fingerprint density at radius 1 is 1.12 bits per heavy atom. The smallest absolute Gasteiger partial charge is 0.335 e. The van der Waals surface area contributed by atoms with Crippen molar-refractivity contribution in [1.82, 2.24) is 9.78 Å². The van der Waals surface area contributed by atoms with Crippen molar-refractivity contribution in [3.8, 4) is 11.3 Å². The van der Waals surface area contributed by atoms with Gasteiger partial charge in [-0.3, -0.25) is 4.79 Å². The first kappa shape index (κ1) is 24.0. The fourth-order valence-corrected chi connectivity index (χ4v) is 4.67. The summed E-state index contributed by atoms with van der Waals surface area (Å²) in [6, 6.07) is 17.5. The first-order valence-electron chi connectivity index (χ1n) is 10.3. The minimum Gasteiger partial charge on any atom is -0.478 e. The molecule has 3 N–H and O–H groups in total. The standard InChI is InChI=1S/C24H24ClN3O3.ClH/c25-19-6-2-5-18(14-19)24(15-26)11-9-20(10-12-24)28-22(29)8-7-21(27-28)16-3-1-4-17(13-16)23(30)31;/h1-8,13-14,20H,9-12,15,26H2,(H,30,31);1H/t20-,24+;. The van der Waals surface area contributed by atoms with Gasteiger partial charge >= 0.3 is 5.97 Å². The van der Waals surface area contributed by atoms with Crippen LogP contribution in [-0.4, -0.2) is 27.4 Å². The Morgan fingerprint density at radius 2 is 1.84 bits per heavy atom. The second kappa shape index (κ2) is 9.86. The molecule has 1 heterocycles. The molecule has 3 aromatic rings. The van der Waals surface area contributed by atoms with Crippen LogP contribution in [0.1, 0.15) is 47.6 Å². The van der Waals surface area contributed by atoms with Gasteiger partial charge < -0.3 is 10.8 Å². The molecule has 0 aliphatic heterocycles. The average Bonchev–Trinajstić information content (AvgIpc) is 2.79. The predicted molar refractivity (Wildman–Crippen MR) is 128 cm³/mol. The van der Waals surface area contributed by atoms with Crippen molar-refractivity contribution in [3.63, 3.8) is 0 Å². The van der Waals surface area contributed by atoms with Crippen LogP contribution < -0.4 is 11.3 Å². The molecule has 1 fully saturated rings. The second-order valence-electron chi connectivity index (χ2n) is 8.11. The van der Waals surface area contributed by atoms with Crippen molar-refractivity contribution < 1.29 is 9.90 Å². The van der Waals surface area contributed by atoms with Crippen molar-refractivity contribution in [1.29, 1.82) is 0 Å². The van der Waals surface area contributed by atoms with Crippen LogP contribution in [0.15, 0.2) is 65.5 Å². The average molecular weight is 474 g/mol. The summed E-state index contributed by atoms with van der Waals surface area (Å²) in [5.74, 6) is -0.999. The van der Waals surface area contributed by atoms with Crippen LogP contribution in [0.2, 0.25) is 5.02 Å². The molecular formula is C24H25Cl2N3O3. The number of carbonyl (C=O) groups is 1. The molecular weight excluding hydrogens is 449 g/mol. The fourth-order valence-electron chi connectivity index (χ4n) is 4.48.